The number of rotatable bonds is 3. The van der Waals surface area contributed by atoms with Gasteiger partial charge >= 0.3 is 0 Å². The lowest BCUT2D eigenvalue weighted by molar-refractivity contribution is -0.118. The molecule has 0 aliphatic rings. The van der Waals surface area contributed by atoms with E-state index in [4.69, 9.17) is 16.0 Å². The van der Waals surface area contributed by atoms with E-state index in [1.54, 1.807) is 18.2 Å². The van der Waals surface area contributed by atoms with Crippen LogP contribution < -0.4 is 5.32 Å². The number of carbonyl (C=O) groups is 1. The minimum absolute atomic E-state index is 0.0496. The molecule has 5 heteroatoms. The average molecular weight is 329 g/mol. The average Bonchev–Trinajstić information content (AvgIpc) is 2.91. The number of hydrogen-bond donors (Lipinski definition) is 1. The third-order valence-electron chi connectivity index (χ3n) is 3.53. The normalized spacial score (nSPS) is 11.2. The van der Waals surface area contributed by atoms with Crippen molar-refractivity contribution in [2.45, 2.75) is 20.8 Å². The molecule has 0 aliphatic carbocycles. The van der Waals surface area contributed by atoms with Crippen molar-refractivity contribution in [3.63, 3.8) is 0 Å². The summed E-state index contributed by atoms with van der Waals surface area (Å²) in [6.07, 6.45) is 0. The monoisotopic (exact) mass is 328 g/mol. The predicted octanol–water partition coefficient (Wildman–Crippen LogP) is 5.05. The van der Waals surface area contributed by atoms with Crippen LogP contribution in [-0.2, 0) is 4.79 Å². The third kappa shape index (κ3) is 3.22. The Hall–Kier alpha value is -2.33. The highest BCUT2D eigenvalue weighted by Gasteiger charge is 2.14. The fraction of sp³-hybridized carbons (Fsp3) is 0.222. The van der Waals surface area contributed by atoms with Gasteiger partial charge in [0.1, 0.15) is 5.52 Å². The van der Waals surface area contributed by atoms with E-state index >= 15 is 0 Å². The van der Waals surface area contributed by atoms with Gasteiger partial charge in [0, 0.05) is 11.6 Å². The van der Waals surface area contributed by atoms with Gasteiger partial charge in [-0.3, -0.25) is 4.79 Å². The highest BCUT2D eigenvalue weighted by molar-refractivity contribution is 6.33. The van der Waals surface area contributed by atoms with E-state index in [0.29, 0.717) is 27.7 Å². The van der Waals surface area contributed by atoms with Crippen molar-refractivity contribution in [1.82, 2.24) is 4.98 Å². The van der Waals surface area contributed by atoms with E-state index < -0.39 is 0 Å². The lowest BCUT2D eigenvalue weighted by Crippen LogP contribution is -2.17. The number of fused-ring (bicyclic) bond motifs is 1. The summed E-state index contributed by atoms with van der Waals surface area (Å²) in [6.45, 7) is 5.68. The molecule has 0 saturated heterocycles. The van der Waals surface area contributed by atoms with Gasteiger partial charge in [-0.2, -0.15) is 0 Å². The number of hydrogen-bond acceptors (Lipinski definition) is 3. The zero-order chi connectivity index (χ0) is 16.6. The van der Waals surface area contributed by atoms with Gasteiger partial charge in [0.2, 0.25) is 11.8 Å². The number of anilines is 1. The van der Waals surface area contributed by atoms with Gasteiger partial charge < -0.3 is 9.73 Å². The minimum atomic E-state index is -0.0959. The Morgan fingerprint density at radius 3 is 2.74 bits per heavy atom. The molecule has 23 heavy (non-hydrogen) atoms. The van der Waals surface area contributed by atoms with Crippen LogP contribution >= 0.6 is 11.6 Å². The molecule has 1 aromatic heterocycles. The standard InChI is InChI=1S/C18H17ClN2O2/c1-10(2)17(22)20-12-5-6-14(19)13(9-12)18-21-15-7-4-11(3)8-16(15)23-18/h4-10H,1-3H3,(H,20,22). The molecule has 118 valence electrons. The molecule has 0 saturated carbocycles. The molecule has 0 radical (unpaired) electrons. The SMILES string of the molecule is Cc1ccc2nc(-c3cc(NC(=O)C(C)C)ccc3Cl)oc2c1. The van der Waals surface area contributed by atoms with Crippen LogP contribution in [0.25, 0.3) is 22.6 Å². The minimum Gasteiger partial charge on any atom is -0.436 e. The molecular weight excluding hydrogens is 312 g/mol. The molecule has 1 heterocycles. The number of benzene rings is 2. The first kappa shape index (κ1) is 15.6. The molecule has 3 aromatic rings. The van der Waals surface area contributed by atoms with Gasteiger partial charge in [-0.15, -0.1) is 0 Å². The molecule has 2 aromatic carbocycles. The lowest BCUT2D eigenvalue weighted by Gasteiger charge is -2.09. The van der Waals surface area contributed by atoms with Crippen LogP contribution in [0.3, 0.4) is 0 Å². The summed E-state index contributed by atoms with van der Waals surface area (Å²) in [5, 5.41) is 3.38. The molecule has 0 spiro atoms. The zero-order valence-corrected chi connectivity index (χ0v) is 13.9. The second kappa shape index (κ2) is 6.05. The molecule has 0 atom stereocenters. The van der Waals surface area contributed by atoms with E-state index in [2.05, 4.69) is 10.3 Å². The van der Waals surface area contributed by atoms with Crippen LogP contribution in [0.1, 0.15) is 19.4 Å². The lowest BCUT2D eigenvalue weighted by atomic mass is 10.1. The van der Waals surface area contributed by atoms with Crippen molar-refractivity contribution in [2.24, 2.45) is 5.92 Å². The molecule has 1 amide bonds. The topological polar surface area (TPSA) is 55.1 Å². The van der Waals surface area contributed by atoms with E-state index in [1.165, 1.54) is 0 Å². The first-order valence-corrected chi connectivity index (χ1v) is 7.80. The Morgan fingerprint density at radius 2 is 2.00 bits per heavy atom. The van der Waals surface area contributed by atoms with E-state index in [1.807, 2.05) is 39.0 Å². The van der Waals surface area contributed by atoms with Crippen molar-refractivity contribution < 1.29 is 9.21 Å². The Balaban J connectivity index is 2.01. The highest BCUT2D eigenvalue weighted by Crippen LogP contribution is 2.32. The number of oxazole rings is 1. The van der Waals surface area contributed by atoms with E-state index in [-0.39, 0.29) is 11.8 Å². The predicted molar refractivity (Wildman–Crippen MR) is 92.7 cm³/mol. The van der Waals surface area contributed by atoms with Gasteiger partial charge in [0.15, 0.2) is 5.58 Å². The second-order valence-electron chi connectivity index (χ2n) is 5.83. The van der Waals surface area contributed by atoms with Gasteiger partial charge in [-0.1, -0.05) is 31.5 Å². The number of amides is 1. The molecule has 4 nitrogen and oxygen atoms in total. The maximum Gasteiger partial charge on any atom is 0.228 e. The van der Waals surface area contributed by atoms with Crippen molar-refractivity contribution >= 4 is 34.3 Å². The summed E-state index contributed by atoms with van der Waals surface area (Å²) in [5.41, 5.74) is 3.92. The first-order valence-electron chi connectivity index (χ1n) is 7.42. The number of nitrogens with zero attached hydrogens (tertiary/aromatic N) is 1. The van der Waals surface area contributed by atoms with Gasteiger partial charge in [0.05, 0.1) is 10.6 Å². The fourth-order valence-corrected chi connectivity index (χ4v) is 2.40. The van der Waals surface area contributed by atoms with Crippen LogP contribution in [0.4, 0.5) is 5.69 Å². The Kier molecular flexibility index (Phi) is 4.09. The Bertz CT molecular complexity index is 884. The highest BCUT2D eigenvalue weighted by atomic mass is 35.5. The molecule has 0 unspecified atom stereocenters. The smallest absolute Gasteiger partial charge is 0.228 e. The van der Waals surface area contributed by atoms with Crippen LogP contribution in [0.5, 0.6) is 0 Å². The largest absolute Gasteiger partial charge is 0.436 e. The number of halogens is 1. The number of carbonyl (C=O) groups excluding carboxylic acids is 1. The summed E-state index contributed by atoms with van der Waals surface area (Å²) in [6, 6.07) is 11.1. The molecule has 0 bridgehead atoms. The van der Waals surface area contributed by atoms with Crippen molar-refractivity contribution in [1.29, 1.82) is 0 Å². The second-order valence-corrected chi connectivity index (χ2v) is 6.24. The van der Waals surface area contributed by atoms with Crippen molar-refractivity contribution in [2.75, 3.05) is 5.32 Å². The van der Waals surface area contributed by atoms with Crippen LogP contribution in [0.2, 0.25) is 5.02 Å². The summed E-state index contributed by atoms with van der Waals surface area (Å²) < 4.78 is 5.81. The third-order valence-corrected chi connectivity index (χ3v) is 3.86. The quantitative estimate of drug-likeness (QED) is 0.731. The van der Waals surface area contributed by atoms with Gasteiger partial charge in [-0.25, -0.2) is 4.98 Å². The number of aryl methyl sites for hydroxylation is 1. The molecular formula is C18H17ClN2O2. The summed E-state index contributed by atoms with van der Waals surface area (Å²) in [5.74, 6) is 0.295. The Labute approximate surface area is 139 Å². The number of nitrogens with one attached hydrogen (secondary N) is 1. The maximum atomic E-state index is 11.8. The summed E-state index contributed by atoms with van der Waals surface area (Å²) >= 11 is 6.28. The summed E-state index contributed by atoms with van der Waals surface area (Å²) in [4.78, 5) is 16.3. The molecule has 3 rings (SSSR count). The van der Waals surface area contributed by atoms with Crippen LogP contribution in [0, 0.1) is 12.8 Å². The molecule has 0 aliphatic heterocycles. The fourth-order valence-electron chi connectivity index (χ4n) is 2.20. The van der Waals surface area contributed by atoms with Gasteiger partial charge in [0.25, 0.3) is 0 Å². The summed E-state index contributed by atoms with van der Waals surface area (Å²) in [7, 11) is 0. The molecule has 1 N–H and O–H groups in total. The van der Waals surface area contributed by atoms with E-state index in [0.717, 1.165) is 11.1 Å². The number of aromatic nitrogens is 1. The van der Waals surface area contributed by atoms with Crippen molar-refractivity contribution in [3.8, 4) is 11.5 Å². The van der Waals surface area contributed by atoms with Crippen LogP contribution in [0.15, 0.2) is 40.8 Å². The van der Waals surface area contributed by atoms with E-state index in [9.17, 15) is 4.79 Å². The Morgan fingerprint density at radius 1 is 1.22 bits per heavy atom. The first-order chi connectivity index (χ1) is 10.9. The zero-order valence-electron chi connectivity index (χ0n) is 13.2. The maximum absolute atomic E-state index is 11.8. The van der Waals surface area contributed by atoms with Crippen LogP contribution in [-0.4, -0.2) is 10.9 Å². The van der Waals surface area contributed by atoms with Crippen molar-refractivity contribution in [3.05, 3.63) is 47.0 Å². The molecule has 0 fully saturated rings. The van der Waals surface area contributed by atoms with Gasteiger partial charge in [-0.05, 0) is 42.8 Å².